The number of hydrogen-bond donors (Lipinski definition) is 0. The summed E-state index contributed by atoms with van der Waals surface area (Å²) in [6.45, 7) is 2.10. The molecule has 0 radical (unpaired) electrons. The SMILES string of the molecule is CCC1C(=O)N(c2ncc(Br)cn2)C2CCCC12. The Hall–Kier alpha value is -0.970. The normalized spacial score (nSPS) is 30.9. The molecule has 96 valence electrons. The molecule has 1 aliphatic carbocycles. The molecule has 3 rings (SSSR count). The van der Waals surface area contributed by atoms with E-state index in [1.807, 2.05) is 4.90 Å². The summed E-state index contributed by atoms with van der Waals surface area (Å²) in [6, 6.07) is 0.323. The molecule has 0 bridgehead atoms. The molecule has 2 fully saturated rings. The Morgan fingerprint density at radius 3 is 2.78 bits per heavy atom. The van der Waals surface area contributed by atoms with Gasteiger partial charge in [-0.3, -0.25) is 9.69 Å². The third-order valence-corrected chi connectivity index (χ3v) is 4.61. The molecule has 18 heavy (non-hydrogen) atoms. The molecular formula is C13H16BrN3O. The van der Waals surface area contributed by atoms with Crippen LogP contribution in [0.5, 0.6) is 0 Å². The average molecular weight is 310 g/mol. The second-order valence-corrected chi connectivity index (χ2v) is 6.00. The van der Waals surface area contributed by atoms with Crippen molar-refractivity contribution in [2.75, 3.05) is 4.90 Å². The number of fused-ring (bicyclic) bond motifs is 1. The topological polar surface area (TPSA) is 46.1 Å². The van der Waals surface area contributed by atoms with E-state index in [9.17, 15) is 4.79 Å². The zero-order valence-corrected chi connectivity index (χ0v) is 11.9. The van der Waals surface area contributed by atoms with E-state index in [1.54, 1.807) is 12.4 Å². The number of carbonyl (C=O) groups is 1. The van der Waals surface area contributed by atoms with Crippen molar-refractivity contribution in [2.24, 2.45) is 11.8 Å². The summed E-state index contributed by atoms with van der Waals surface area (Å²) in [5, 5.41) is 0. The fourth-order valence-electron chi connectivity index (χ4n) is 3.44. The largest absolute Gasteiger partial charge is 0.277 e. The van der Waals surface area contributed by atoms with Crippen molar-refractivity contribution in [3.05, 3.63) is 16.9 Å². The molecule has 2 heterocycles. The second kappa shape index (κ2) is 4.61. The lowest BCUT2D eigenvalue weighted by molar-refractivity contribution is -0.121. The number of carbonyl (C=O) groups excluding carboxylic acids is 1. The van der Waals surface area contributed by atoms with Crippen LogP contribution in [0.3, 0.4) is 0 Å². The highest BCUT2D eigenvalue weighted by atomic mass is 79.9. The zero-order chi connectivity index (χ0) is 12.7. The van der Waals surface area contributed by atoms with Crippen molar-refractivity contribution in [3.63, 3.8) is 0 Å². The van der Waals surface area contributed by atoms with Crippen molar-refractivity contribution in [2.45, 2.75) is 38.6 Å². The highest BCUT2D eigenvalue weighted by Gasteiger charge is 2.50. The molecule has 1 amide bonds. The standard InChI is InChI=1S/C13H16BrN3O/c1-2-9-10-4-3-5-11(10)17(12(9)18)13-15-6-8(14)7-16-13/h6-7,9-11H,2-5H2,1H3. The molecular weight excluding hydrogens is 294 g/mol. The minimum Gasteiger partial charge on any atom is -0.277 e. The summed E-state index contributed by atoms with van der Waals surface area (Å²) in [5.41, 5.74) is 0. The summed E-state index contributed by atoms with van der Waals surface area (Å²) in [5.74, 6) is 1.46. The van der Waals surface area contributed by atoms with Gasteiger partial charge in [-0.25, -0.2) is 9.97 Å². The third-order valence-electron chi connectivity index (χ3n) is 4.20. The summed E-state index contributed by atoms with van der Waals surface area (Å²) >= 11 is 3.32. The molecule has 3 atom stereocenters. The Labute approximate surface area is 115 Å². The average Bonchev–Trinajstić information content (AvgIpc) is 2.90. The van der Waals surface area contributed by atoms with Gasteiger partial charge in [-0.2, -0.15) is 0 Å². The highest BCUT2D eigenvalue weighted by Crippen LogP contribution is 2.44. The van der Waals surface area contributed by atoms with E-state index in [0.29, 0.717) is 17.9 Å². The summed E-state index contributed by atoms with van der Waals surface area (Å²) in [4.78, 5) is 22.9. The van der Waals surface area contributed by atoms with Gasteiger partial charge in [0.2, 0.25) is 11.9 Å². The van der Waals surface area contributed by atoms with Crippen LogP contribution in [0.2, 0.25) is 0 Å². The van der Waals surface area contributed by atoms with Crippen molar-refractivity contribution in [3.8, 4) is 0 Å². The number of hydrogen-bond acceptors (Lipinski definition) is 3. The van der Waals surface area contributed by atoms with Crippen LogP contribution in [0.1, 0.15) is 32.6 Å². The fourth-order valence-corrected chi connectivity index (χ4v) is 3.64. The van der Waals surface area contributed by atoms with E-state index in [4.69, 9.17) is 0 Å². The third kappa shape index (κ3) is 1.76. The van der Waals surface area contributed by atoms with E-state index in [0.717, 1.165) is 17.3 Å². The van der Waals surface area contributed by atoms with Crippen LogP contribution in [0.15, 0.2) is 16.9 Å². The van der Waals surface area contributed by atoms with Crippen LogP contribution >= 0.6 is 15.9 Å². The van der Waals surface area contributed by atoms with Crippen LogP contribution in [0.25, 0.3) is 0 Å². The summed E-state index contributed by atoms with van der Waals surface area (Å²) < 4.78 is 0.841. The molecule has 3 unspecified atom stereocenters. The molecule has 0 N–H and O–H groups in total. The molecule has 0 spiro atoms. The van der Waals surface area contributed by atoms with Crippen LogP contribution in [0, 0.1) is 11.8 Å². The zero-order valence-electron chi connectivity index (χ0n) is 10.3. The van der Waals surface area contributed by atoms with Gasteiger partial charge in [-0.1, -0.05) is 13.3 Å². The van der Waals surface area contributed by atoms with Gasteiger partial charge in [0.25, 0.3) is 0 Å². The van der Waals surface area contributed by atoms with Crippen LogP contribution < -0.4 is 4.90 Å². The lowest BCUT2D eigenvalue weighted by atomic mass is 9.90. The first-order valence-corrected chi connectivity index (χ1v) is 7.32. The van der Waals surface area contributed by atoms with Gasteiger partial charge in [0.05, 0.1) is 4.47 Å². The molecule has 1 aliphatic heterocycles. The monoisotopic (exact) mass is 309 g/mol. The molecule has 1 aromatic heterocycles. The molecule has 0 aromatic carbocycles. The lowest BCUT2D eigenvalue weighted by Gasteiger charge is -2.21. The van der Waals surface area contributed by atoms with Gasteiger partial charge in [0.15, 0.2) is 0 Å². The van der Waals surface area contributed by atoms with Gasteiger partial charge < -0.3 is 0 Å². The number of amides is 1. The molecule has 4 nitrogen and oxygen atoms in total. The van der Waals surface area contributed by atoms with Gasteiger partial charge in [-0.05, 0) is 41.1 Å². The summed E-state index contributed by atoms with van der Waals surface area (Å²) in [6.07, 6.45) is 7.81. The van der Waals surface area contributed by atoms with Crippen molar-refractivity contribution in [1.29, 1.82) is 0 Å². The number of nitrogens with zero attached hydrogens (tertiary/aromatic N) is 3. The maximum atomic E-state index is 12.5. The maximum absolute atomic E-state index is 12.5. The van der Waals surface area contributed by atoms with Gasteiger partial charge >= 0.3 is 0 Å². The van der Waals surface area contributed by atoms with Crippen LogP contribution in [-0.2, 0) is 4.79 Å². The minimum absolute atomic E-state index is 0.171. The van der Waals surface area contributed by atoms with Gasteiger partial charge in [0, 0.05) is 24.4 Å². The Bertz CT molecular complexity index is 462. The number of anilines is 1. The number of rotatable bonds is 2. The minimum atomic E-state index is 0.171. The van der Waals surface area contributed by atoms with E-state index >= 15 is 0 Å². The first-order valence-electron chi connectivity index (χ1n) is 6.53. The van der Waals surface area contributed by atoms with Gasteiger partial charge in [-0.15, -0.1) is 0 Å². The predicted octanol–water partition coefficient (Wildman–Crippen LogP) is 2.78. The Kier molecular flexibility index (Phi) is 3.09. The van der Waals surface area contributed by atoms with Crippen molar-refractivity contribution in [1.82, 2.24) is 9.97 Å². The fraction of sp³-hybridized carbons (Fsp3) is 0.615. The van der Waals surface area contributed by atoms with Crippen molar-refractivity contribution >= 4 is 27.8 Å². The smallest absolute Gasteiger partial charge is 0.233 e. The number of halogens is 1. The predicted molar refractivity (Wildman–Crippen MR) is 72.1 cm³/mol. The Balaban J connectivity index is 1.95. The molecule has 5 heteroatoms. The first kappa shape index (κ1) is 12.1. The second-order valence-electron chi connectivity index (χ2n) is 5.09. The maximum Gasteiger partial charge on any atom is 0.233 e. The number of aromatic nitrogens is 2. The van der Waals surface area contributed by atoms with E-state index < -0.39 is 0 Å². The molecule has 2 aliphatic rings. The molecule has 1 saturated heterocycles. The van der Waals surface area contributed by atoms with Gasteiger partial charge in [0.1, 0.15) is 0 Å². The Morgan fingerprint density at radius 1 is 1.39 bits per heavy atom. The highest BCUT2D eigenvalue weighted by molar-refractivity contribution is 9.10. The Morgan fingerprint density at radius 2 is 2.11 bits per heavy atom. The molecule has 1 saturated carbocycles. The summed E-state index contributed by atoms with van der Waals surface area (Å²) in [7, 11) is 0. The lowest BCUT2D eigenvalue weighted by Crippen LogP contribution is -2.35. The first-order chi connectivity index (χ1) is 8.72. The van der Waals surface area contributed by atoms with E-state index in [1.165, 1.54) is 12.8 Å². The van der Waals surface area contributed by atoms with Crippen molar-refractivity contribution < 1.29 is 4.79 Å². The van der Waals surface area contributed by atoms with Crippen LogP contribution in [-0.4, -0.2) is 21.9 Å². The molecule has 1 aromatic rings. The van der Waals surface area contributed by atoms with E-state index in [-0.39, 0.29) is 11.8 Å². The van der Waals surface area contributed by atoms with E-state index in [2.05, 4.69) is 32.8 Å². The quantitative estimate of drug-likeness (QED) is 0.844. The van der Waals surface area contributed by atoms with Crippen LogP contribution in [0.4, 0.5) is 5.95 Å².